The third-order valence-corrected chi connectivity index (χ3v) is 2.73. The standard InChI is InChI=1S/C11H13NO5/c13-5-11(6-16-7-11)8-17-10-3-1-2-9(4-10)12(14)15/h1-4,13H,5-8H2. The third-order valence-electron chi connectivity index (χ3n) is 2.73. The second kappa shape index (κ2) is 4.68. The number of hydrogen-bond donors (Lipinski definition) is 1. The molecule has 0 radical (unpaired) electrons. The largest absolute Gasteiger partial charge is 0.492 e. The van der Waals surface area contributed by atoms with Gasteiger partial charge in [0.25, 0.3) is 5.69 Å². The molecule has 0 unspecified atom stereocenters. The summed E-state index contributed by atoms with van der Waals surface area (Å²) in [6.45, 7) is 1.20. The summed E-state index contributed by atoms with van der Waals surface area (Å²) in [4.78, 5) is 10.1. The van der Waals surface area contributed by atoms with Crippen LogP contribution in [-0.2, 0) is 4.74 Å². The summed E-state index contributed by atoms with van der Waals surface area (Å²) < 4.78 is 10.5. The number of aliphatic hydroxyl groups excluding tert-OH is 1. The minimum atomic E-state index is -0.471. The van der Waals surface area contributed by atoms with Gasteiger partial charge in [0.2, 0.25) is 0 Å². The van der Waals surface area contributed by atoms with Crippen LogP contribution in [0, 0.1) is 15.5 Å². The maximum atomic E-state index is 10.6. The first-order chi connectivity index (χ1) is 8.15. The van der Waals surface area contributed by atoms with Crippen LogP contribution >= 0.6 is 0 Å². The van der Waals surface area contributed by atoms with Crippen LogP contribution in [0.4, 0.5) is 5.69 Å². The molecule has 92 valence electrons. The van der Waals surface area contributed by atoms with Gasteiger partial charge in [0.15, 0.2) is 0 Å². The molecular formula is C11H13NO5. The molecule has 0 aromatic heterocycles. The highest BCUT2D eigenvalue weighted by molar-refractivity contribution is 5.37. The third kappa shape index (κ3) is 2.54. The van der Waals surface area contributed by atoms with Crippen LogP contribution in [0.1, 0.15) is 0 Å². The molecule has 17 heavy (non-hydrogen) atoms. The van der Waals surface area contributed by atoms with Gasteiger partial charge in [0.1, 0.15) is 12.4 Å². The van der Waals surface area contributed by atoms with Crippen molar-refractivity contribution in [2.75, 3.05) is 26.4 Å². The lowest BCUT2D eigenvalue weighted by atomic mass is 9.88. The number of benzene rings is 1. The Morgan fingerprint density at radius 1 is 1.53 bits per heavy atom. The van der Waals surface area contributed by atoms with Crippen LogP contribution < -0.4 is 4.74 Å². The Kier molecular flexibility index (Phi) is 3.26. The number of hydrogen-bond acceptors (Lipinski definition) is 5. The predicted octanol–water partition coefficient (Wildman–Crippen LogP) is 0.983. The van der Waals surface area contributed by atoms with Gasteiger partial charge in [0.05, 0.1) is 36.2 Å². The lowest BCUT2D eigenvalue weighted by Gasteiger charge is -2.39. The summed E-state index contributed by atoms with van der Waals surface area (Å²) in [6.07, 6.45) is 0. The summed E-state index contributed by atoms with van der Waals surface area (Å²) in [6, 6.07) is 5.99. The Balaban J connectivity index is 1.99. The van der Waals surface area contributed by atoms with Crippen molar-refractivity contribution in [1.29, 1.82) is 0 Å². The number of rotatable bonds is 5. The van der Waals surface area contributed by atoms with E-state index in [1.165, 1.54) is 12.1 Å². The Labute approximate surface area is 97.9 Å². The Bertz CT molecular complexity index is 411. The number of nitro benzene ring substituents is 1. The topological polar surface area (TPSA) is 81.8 Å². The summed E-state index contributed by atoms with van der Waals surface area (Å²) in [5, 5.41) is 19.8. The van der Waals surface area contributed by atoms with Gasteiger partial charge in [-0.15, -0.1) is 0 Å². The number of aliphatic hydroxyl groups is 1. The van der Waals surface area contributed by atoms with Crippen molar-refractivity contribution in [2.24, 2.45) is 5.41 Å². The van der Waals surface area contributed by atoms with Gasteiger partial charge in [-0.1, -0.05) is 6.07 Å². The van der Waals surface area contributed by atoms with Crippen LogP contribution in [0.25, 0.3) is 0 Å². The van der Waals surface area contributed by atoms with E-state index < -0.39 is 4.92 Å². The van der Waals surface area contributed by atoms with E-state index in [2.05, 4.69) is 0 Å². The molecule has 2 rings (SSSR count). The zero-order chi connectivity index (χ0) is 12.3. The molecular weight excluding hydrogens is 226 g/mol. The molecule has 0 atom stereocenters. The Morgan fingerprint density at radius 2 is 2.29 bits per heavy atom. The van der Waals surface area contributed by atoms with Crippen molar-refractivity contribution >= 4 is 5.69 Å². The molecule has 6 heteroatoms. The van der Waals surface area contributed by atoms with Crippen LogP contribution in [-0.4, -0.2) is 36.5 Å². The molecule has 1 saturated heterocycles. The average Bonchev–Trinajstić information content (AvgIpc) is 2.28. The fraction of sp³-hybridized carbons (Fsp3) is 0.455. The quantitative estimate of drug-likeness (QED) is 0.611. The molecule has 1 aliphatic heterocycles. The van der Waals surface area contributed by atoms with E-state index >= 15 is 0 Å². The maximum Gasteiger partial charge on any atom is 0.273 e. The minimum Gasteiger partial charge on any atom is -0.492 e. The predicted molar refractivity (Wildman–Crippen MR) is 58.9 cm³/mol. The summed E-state index contributed by atoms with van der Waals surface area (Å²) >= 11 is 0. The summed E-state index contributed by atoms with van der Waals surface area (Å²) in [5.41, 5.74) is -0.365. The van der Waals surface area contributed by atoms with E-state index in [-0.39, 0.29) is 17.7 Å². The normalized spacial score (nSPS) is 17.2. The Morgan fingerprint density at radius 3 is 2.82 bits per heavy atom. The van der Waals surface area contributed by atoms with Crippen molar-refractivity contribution in [3.63, 3.8) is 0 Å². The molecule has 1 aromatic rings. The van der Waals surface area contributed by atoms with Crippen molar-refractivity contribution in [2.45, 2.75) is 0 Å². The number of nitrogens with zero attached hydrogens (tertiary/aromatic N) is 1. The average molecular weight is 239 g/mol. The zero-order valence-electron chi connectivity index (χ0n) is 9.17. The SMILES string of the molecule is O=[N+]([O-])c1cccc(OCC2(CO)COC2)c1. The fourth-order valence-electron chi connectivity index (χ4n) is 1.53. The van der Waals surface area contributed by atoms with Gasteiger partial charge in [-0.3, -0.25) is 10.1 Å². The van der Waals surface area contributed by atoms with E-state index in [0.29, 0.717) is 25.6 Å². The highest BCUT2D eigenvalue weighted by Crippen LogP contribution is 2.28. The highest BCUT2D eigenvalue weighted by Gasteiger charge is 2.39. The van der Waals surface area contributed by atoms with Gasteiger partial charge < -0.3 is 14.6 Å². The molecule has 1 N–H and O–H groups in total. The van der Waals surface area contributed by atoms with E-state index in [0.717, 1.165) is 0 Å². The molecule has 1 aromatic carbocycles. The molecule has 0 bridgehead atoms. The van der Waals surface area contributed by atoms with Crippen molar-refractivity contribution in [3.05, 3.63) is 34.4 Å². The minimum absolute atomic E-state index is 0.00888. The fourth-order valence-corrected chi connectivity index (χ4v) is 1.53. The molecule has 0 spiro atoms. The van der Waals surface area contributed by atoms with E-state index in [1.807, 2.05) is 0 Å². The highest BCUT2D eigenvalue weighted by atomic mass is 16.6. The number of non-ortho nitro benzene ring substituents is 1. The molecule has 1 aliphatic rings. The van der Waals surface area contributed by atoms with E-state index in [4.69, 9.17) is 9.47 Å². The van der Waals surface area contributed by atoms with Crippen LogP contribution in [0.2, 0.25) is 0 Å². The molecule has 1 fully saturated rings. The van der Waals surface area contributed by atoms with Gasteiger partial charge in [-0.25, -0.2) is 0 Å². The monoisotopic (exact) mass is 239 g/mol. The maximum absolute atomic E-state index is 10.6. The van der Waals surface area contributed by atoms with Crippen LogP contribution in [0.3, 0.4) is 0 Å². The first kappa shape index (κ1) is 11.8. The second-order valence-electron chi connectivity index (χ2n) is 4.19. The van der Waals surface area contributed by atoms with E-state index in [9.17, 15) is 15.2 Å². The van der Waals surface area contributed by atoms with Crippen molar-refractivity contribution < 1.29 is 19.5 Å². The van der Waals surface area contributed by atoms with E-state index in [1.54, 1.807) is 12.1 Å². The lowest BCUT2D eigenvalue weighted by Crippen LogP contribution is -2.49. The first-order valence-corrected chi connectivity index (χ1v) is 5.21. The van der Waals surface area contributed by atoms with Gasteiger partial charge in [0, 0.05) is 6.07 Å². The zero-order valence-corrected chi connectivity index (χ0v) is 9.17. The molecule has 1 heterocycles. The van der Waals surface area contributed by atoms with Gasteiger partial charge >= 0.3 is 0 Å². The smallest absolute Gasteiger partial charge is 0.273 e. The van der Waals surface area contributed by atoms with Gasteiger partial charge in [-0.05, 0) is 6.07 Å². The second-order valence-corrected chi connectivity index (χ2v) is 4.19. The van der Waals surface area contributed by atoms with Gasteiger partial charge in [-0.2, -0.15) is 0 Å². The summed E-state index contributed by atoms with van der Waals surface area (Å²) in [7, 11) is 0. The Hall–Kier alpha value is -1.66. The molecule has 6 nitrogen and oxygen atoms in total. The molecule has 0 amide bonds. The molecule has 0 aliphatic carbocycles. The first-order valence-electron chi connectivity index (χ1n) is 5.21. The lowest BCUT2D eigenvalue weighted by molar-refractivity contribution is -0.384. The number of ether oxygens (including phenoxy) is 2. The van der Waals surface area contributed by atoms with Crippen LogP contribution in [0.15, 0.2) is 24.3 Å². The molecule has 0 saturated carbocycles. The van der Waals surface area contributed by atoms with Crippen LogP contribution in [0.5, 0.6) is 5.75 Å². The summed E-state index contributed by atoms with van der Waals surface area (Å²) in [5.74, 6) is 0.430. The van der Waals surface area contributed by atoms with Crippen molar-refractivity contribution in [3.8, 4) is 5.75 Å². The number of nitro groups is 1. The van der Waals surface area contributed by atoms with Crippen molar-refractivity contribution in [1.82, 2.24) is 0 Å².